The van der Waals surface area contributed by atoms with Gasteiger partial charge in [-0.25, -0.2) is 13.2 Å². The zero-order valence-electron chi connectivity index (χ0n) is 12.1. The van der Waals surface area contributed by atoms with Crippen molar-refractivity contribution in [2.24, 2.45) is 5.92 Å². The van der Waals surface area contributed by atoms with E-state index in [1.54, 1.807) is 0 Å². The van der Waals surface area contributed by atoms with Gasteiger partial charge in [-0.15, -0.1) is 0 Å². The molecule has 0 unspecified atom stereocenters. The first kappa shape index (κ1) is 15.6. The highest BCUT2D eigenvalue weighted by molar-refractivity contribution is 7.91. The lowest BCUT2D eigenvalue weighted by molar-refractivity contribution is 0.232. The Balaban J connectivity index is 1.62. The third kappa shape index (κ3) is 4.94. The summed E-state index contributed by atoms with van der Waals surface area (Å²) in [5.41, 5.74) is 0. The van der Waals surface area contributed by atoms with E-state index in [-0.39, 0.29) is 23.6 Å². The van der Waals surface area contributed by atoms with Crippen LogP contribution in [0.1, 0.15) is 26.2 Å². The van der Waals surface area contributed by atoms with Gasteiger partial charge in [-0.2, -0.15) is 0 Å². The predicted molar refractivity (Wildman–Crippen MR) is 78.4 cm³/mol. The summed E-state index contributed by atoms with van der Waals surface area (Å²) in [6.07, 6.45) is 3.08. The van der Waals surface area contributed by atoms with E-state index in [9.17, 15) is 13.2 Å². The molecule has 2 rings (SSSR count). The Morgan fingerprint density at radius 3 is 2.65 bits per heavy atom. The average molecular weight is 303 g/mol. The van der Waals surface area contributed by atoms with Gasteiger partial charge in [-0.1, -0.05) is 6.92 Å². The minimum absolute atomic E-state index is 0.0732. The van der Waals surface area contributed by atoms with Crippen LogP contribution in [-0.2, 0) is 9.84 Å². The number of carbonyl (C=O) groups is 1. The number of nitrogens with one attached hydrogen (secondary N) is 2. The van der Waals surface area contributed by atoms with Crippen LogP contribution in [0.15, 0.2) is 0 Å². The molecule has 0 aromatic heterocycles. The first-order valence-corrected chi connectivity index (χ1v) is 9.24. The number of amides is 2. The lowest BCUT2D eigenvalue weighted by Gasteiger charge is -2.21. The Kier molecular flexibility index (Phi) is 5.26. The average Bonchev–Trinajstić information content (AvgIpc) is 2.97. The van der Waals surface area contributed by atoms with Crippen LogP contribution < -0.4 is 10.6 Å². The third-order valence-corrected chi connectivity index (χ3v) is 5.72. The summed E-state index contributed by atoms with van der Waals surface area (Å²) in [5, 5.41) is 5.58. The minimum Gasteiger partial charge on any atom is -0.338 e. The minimum atomic E-state index is -2.94. The predicted octanol–water partition coefficient (Wildman–Crippen LogP) is 0.205. The fraction of sp³-hybridized carbons (Fsp3) is 0.923. The molecular weight excluding hydrogens is 278 g/mol. The summed E-state index contributed by atoms with van der Waals surface area (Å²) < 4.78 is 22.6. The number of carbonyl (C=O) groups excluding carboxylic acids is 1. The van der Waals surface area contributed by atoms with Gasteiger partial charge in [0.15, 0.2) is 9.84 Å². The topological polar surface area (TPSA) is 78.5 Å². The van der Waals surface area contributed by atoms with Crippen LogP contribution in [0.2, 0.25) is 0 Å². The molecular formula is C13H25N3O3S. The molecule has 6 nitrogen and oxygen atoms in total. The van der Waals surface area contributed by atoms with Crippen molar-refractivity contribution in [3.8, 4) is 0 Å². The fourth-order valence-corrected chi connectivity index (χ4v) is 4.56. The second-order valence-corrected chi connectivity index (χ2v) is 8.30. The Bertz CT molecular complexity index is 432. The maximum Gasteiger partial charge on any atom is 0.315 e. The second kappa shape index (κ2) is 6.76. The molecule has 20 heavy (non-hydrogen) atoms. The summed E-state index contributed by atoms with van der Waals surface area (Å²) in [7, 11) is -2.94. The summed E-state index contributed by atoms with van der Waals surface area (Å²) in [5.74, 6) is 0.665. The maximum absolute atomic E-state index is 11.7. The second-order valence-electron chi connectivity index (χ2n) is 6.07. The number of hydrogen-bond donors (Lipinski definition) is 2. The van der Waals surface area contributed by atoms with Crippen LogP contribution >= 0.6 is 0 Å². The lowest BCUT2D eigenvalue weighted by Crippen LogP contribution is -2.44. The standard InChI is InChI=1S/C13H25N3O3S/c1-11(9-16-5-2-3-6-16)8-14-13(17)15-12-4-7-20(18,19)10-12/h11-12H,2-10H2,1H3,(H2,14,15,17)/t11-,12+/m1/s1. The maximum atomic E-state index is 11.7. The van der Waals surface area contributed by atoms with Gasteiger partial charge < -0.3 is 15.5 Å². The number of nitrogens with zero attached hydrogens (tertiary/aromatic N) is 1. The molecule has 2 N–H and O–H groups in total. The number of hydrogen-bond acceptors (Lipinski definition) is 4. The van der Waals surface area contributed by atoms with E-state index in [0.29, 0.717) is 18.9 Å². The van der Waals surface area contributed by atoms with Crippen LogP contribution in [0.25, 0.3) is 0 Å². The summed E-state index contributed by atoms with van der Waals surface area (Å²) >= 11 is 0. The molecule has 0 aliphatic carbocycles. The third-order valence-electron chi connectivity index (χ3n) is 3.95. The quantitative estimate of drug-likeness (QED) is 0.761. The molecule has 0 bridgehead atoms. The Labute approximate surface area is 121 Å². The molecule has 2 fully saturated rings. The van der Waals surface area contributed by atoms with Crippen molar-refractivity contribution in [2.75, 3.05) is 37.7 Å². The highest BCUT2D eigenvalue weighted by atomic mass is 32.2. The molecule has 2 aliphatic heterocycles. The van der Waals surface area contributed by atoms with Gasteiger partial charge in [0.05, 0.1) is 11.5 Å². The largest absolute Gasteiger partial charge is 0.338 e. The molecule has 2 amide bonds. The molecule has 0 aromatic rings. The molecule has 0 radical (unpaired) electrons. The Hall–Kier alpha value is -0.820. The first-order valence-electron chi connectivity index (χ1n) is 7.42. The molecule has 116 valence electrons. The smallest absolute Gasteiger partial charge is 0.315 e. The normalized spacial score (nSPS) is 27.4. The molecule has 0 aromatic carbocycles. The summed E-state index contributed by atoms with van der Waals surface area (Å²) in [6.45, 7) is 6.09. The molecule has 2 aliphatic rings. The SMILES string of the molecule is C[C@H](CNC(=O)N[C@H]1CCS(=O)(=O)C1)CN1CCCC1. The van der Waals surface area contributed by atoms with E-state index in [1.807, 2.05) is 0 Å². The van der Waals surface area contributed by atoms with E-state index in [4.69, 9.17) is 0 Å². The van der Waals surface area contributed by atoms with Gasteiger partial charge in [-0.05, 0) is 38.3 Å². The summed E-state index contributed by atoms with van der Waals surface area (Å²) in [4.78, 5) is 14.1. The van der Waals surface area contributed by atoms with Crippen LogP contribution in [0.4, 0.5) is 4.79 Å². The number of likely N-dealkylation sites (tertiary alicyclic amines) is 1. The number of urea groups is 1. The highest BCUT2D eigenvalue weighted by Gasteiger charge is 2.28. The van der Waals surface area contributed by atoms with Crippen LogP contribution in [0.5, 0.6) is 0 Å². The van der Waals surface area contributed by atoms with E-state index in [1.165, 1.54) is 12.8 Å². The fourth-order valence-electron chi connectivity index (χ4n) is 2.88. The van der Waals surface area contributed by atoms with Gasteiger partial charge in [0.1, 0.15) is 0 Å². The summed E-state index contributed by atoms with van der Waals surface area (Å²) in [6, 6.07) is -0.478. The van der Waals surface area contributed by atoms with Gasteiger partial charge in [0.25, 0.3) is 0 Å². The Morgan fingerprint density at radius 1 is 1.35 bits per heavy atom. The molecule has 7 heteroatoms. The lowest BCUT2D eigenvalue weighted by atomic mass is 10.1. The van der Waals surface area contributed by atoms with Gasteiger partial charge in [0.2, 0.25) is 0 Å². The number of sulfone groups is 1. The molecule has 2 saturated heterocycles. The van der Waals surface area contributed by atoms with Crippen molar-refractivity contribution in [3.05, 3.63) is 0 Å². The van der Waals surface area contributed by atoms with Crippen molar-refractivity contribution in [3.63, 3.8) is 0 Å². The number of rotatable bonds is 5. The van der Waals surface area contributed by atoms with Crippen molar-refractivity contribution < 1.29 is 13.2 Å². The monoisotopic (exact) mass is 303 g/mol. The van der Waals surface area contributed by atoms with E-state index < -0.39 is 9.84 Å². The molecule has 2 heterocycles. The van der Waals surface area contributed by atoms with Gasteiger partial charge in [-0.3, -0.25) is 0 Å². The van der Waals surface area contributed by atoms with E-state index in [0.717, 1.165) is 19.6 Å². The Morgan fingerprint density at radius 2 is 2.05 bits per heavy atom. The highest BCUT2D eigenvalue weighted by Crippen LogP contribution is 2.11. The molecule has 2 atom stereocenters. The van der Waals surface area contributed by atoms with Crippen LogP contribution in [0, 0.1) is 5.92 Å². The van der Waals surface area contributed by atoms with Crippen molar-refractivity contribution in [1.82, 2.24) is 15.5 Å². The van der Waals surface area contributed by atoms with Crippen LogP contribution in [0.3, 0.4) is 0 Å². The van der Waals surface area contributed by atoms with E-state index >= 15 is 0 Å². The van der Waals surface area contributed by atoms with Crippen molar-refractivity contribution >= 4 is 15.9 Å². The molecule has 0 spiro atoms. The first-order chi connectivity index (χ1) is 9.44. The van der Waals surface area contributed by atoms with Crippen molar-refractivity contribution in [1.29, 1.82) is 0 Å². The molecule has 0 saturated carbocycles. The van der Waals surface area contributed by atoms with Gasteiger partial charge in [0, 0.05) is 19.1 Å². The zero-order valence-corrected chi connectivity index (χ0v) is 12.9. The van der Waals surface area contributed by atoms with Crippen molar-refractivity contribution in [2.45, 2.75) is 32.2 Å². The van der Waals surface area contributed by atoms with E-state index in [2.05, 4.69) is 22.5 Å². The van der Waals surface area contributed by atoms with Gasteiger partial charge >= 0.3 is 6.03 Å². The zero-order chi connectivity index (χ0) is 14.6. The van der Waals surface area contributed by atoms with Crippen LogP contribution in [-0.4, -0.2) is 63.1 Å².